The van der Waals surface area contributed by atoms with Crippen LogP contribution in [0.2, 0.25) is 0 Å². The van der Waals surface area contributed by atoms with Gasteiger partial charge >= 0.3 is 12.0 Å². The van der Waals surface area contributed by atoms with Crippen LogP contribution in [0.4, 0.5) is 18.9 Å². The van der Waals surface area contributed by atoms with Gasteiger partial charge in [0.15, 0.2) is 0 Å². The first-order valence-corrected chi connectivity index (χ1v) is 7.95. The van der Waals surface area contributed by atoms with Crippen molar-refractivity contribution in [1.82, 2.24) is 5.32 Å². The molecule has 0 fully saturated rings. The van der Waals surface area contributed by atoms with Crippen LogP contribution in [0.3, 0.4) is 0 Å². The van der Waals surface area contributed by atoms with Crippen LogP contribution in [0.1, 0.15) is 27.9 Å². The van der Waals surface area contributed by atoms with Gasteiger partial charge in [-0.25, -0.2) is 0 Å². The summed E-state index contributed by atoms with van der Waals surface area (Å²) >= 11 is 0. The summed E-state index contributed by atoms with van der Waals surface area (Å²) in [7, 11) is 0. The van der Waals surface area contributed by atoms with E-state index in [2.05, 4.69) is 15.3 Å². The third kappa shape index (κ3) is 4.03. The van der Waals surface area contributed by atoms with Gasteiger partial charge in [-0.15, -0.1) is 0 Å². The van der Waals surface area contributed by atoms with Gasteiger partial charge in [0.05, 0.1) is 12.1 Å². The number of carbonyl (C=O) groups is 1. The van der Waals surface area contributed by atoms with Crippen molar-refractivity contribution in [3.05, 3.63) is 65.2 Å². The van der Waals surface area contributed by atoms with Crippen LogP contribution in [0.15, 0.2) is 53.7 Å². The number of nitrogens with one attached hydrogen (secondary N) is 1. The minimum atomic E-state index is -4.96. The highest BCUT2D eigenvalue weighted by Crippen LogP contribution is 2.38. The summed E-state index contributed by atoms with van der Waals surface area (Å²) < 4.78 is 38.4. The van der Waals surface area contributed by atoms with E-state index in [4.69, 9.17) is 5.73 Å². The lowest BCUT2D eigenvalue weighted by molar-refractivity contribution is -0.355. The molecule has 0 aliphatic carbocycles. The summed E-state index contributed by atoms with van der Waals surface area (Å²) in [6.07, 6.45) is -5.76. The minimum absolute atomic E-state index is 0.0264. The highest BCUT2D eigenvalue weighted by atomic mass is 19.4. The summed E-state index contributed by atoms with van der Waals surface area (Å²) in [4.78, 5) is 16.3. The summed E-state index contributed by atoms with van der Waals surface area (Å²) in [6, 6.07) is 12.8. The number of hydrogen-bond acceptors (Lipinski definition) is 5. The van der Waals surface area contributed by atoms with Gasteiger partial charge in [0.1, 0.15) is 0 Å². The molecule has 6 nitrogen and oxygen atoms in total. The van der Waals surface area contributed by atoms with Gasteiger partial charge < -0.3 is 21.0 Å². The summed E-state index contributed by atoms with van der Waals surface area (Å²) in [6.45, 7) is 0.161. The largest absolute Gasteiger partial charge is 0.458 e. The average Bonchev–Trinajstić information content (AvgIpc) is 3.04. The summed E-state index contributed by atoms with van der Waals surface area (Å²) in [5.41, 5.74) is 7.54. The van der Waals surface area contributed by atoms with Gasteiger partial charge in [-0.2, -0.15) is 13.2 Å². The standard InChI is InChI=1S/C18H16F3N3O3/c19-18(20,21)17(26)9-15(24-27-17)13-3-1-2-11(8-13)10-23-16(25)12-4-6-14(22)7-5-12/h1-8,26H,9-10,22H2,(H,23,25). The SMILES string of the molecule is Nc1ccc(C(=O)NCc2cccc(C3=NOC(O)(C(F)(F)F)C3)c2)cc1. The quantitative estimate of drug-likeness (QED) is 0.712. The molecule has 1 atom stereocenters. The molecule has 9 heteroatoms. The Labute approximate surface area is 152 Å². The molecule has 27 heavy (non-hydrogen) atoms. The van der Waals surface area contributed by atoms with Crippen LogP contribution in [-0.2, 0) is 11.4 Å². The molecule has 0 spiro atoms. The number of nitrogens with zero attached hydrogens (tertiary/aromatic N) is 1. The maximum absolute atomic E-state index is 12.8. The maximum Gasteiger partial charge on any atom is 0.458 e. The second-order valence-electron chi connectivity index (χ2n) is 6.09. The Morgan fingerprint density at radius 1 is 1.26 bits per heavy atom. The number of nitrogen functional groups attached to an aromatic ring is 1. The number of alkyl halides is 3. The van der Waals surface area contributed by atoms with Crippen molar-refractivity contribution in [2.24, 2.45) is 5.16 Å². The lowest BCUT2D eigenvalue weighted by Gasteiger charge is -2.22. The Morgan fingerprint density at radius 2 is 1.96 bits per heavy atom. The summed E-state index contributed by atoms with van der Waals surface area (Å²) in [5, 5.41) is 15.6. The Hall–Kier alpha value is -3.07. The van der Waals surface area contributed by atoms with Gasteiger partial charge in [-0.3, -0.25) is 4.79 Å². The highest BCUT2D eigenvalue weighted by molar-refractivity contribution is 6.01. The molecule has 0 aromatic heterocycles. The number of carbonyl (C=O) groups excluding carboxylic acids is 1. The summed E-state index contributed by atoms with van der Waals surface area (Å²) in [5.74, 6) is -3.63. The molecule has 0 bridgehead atoms. The minimum Gasteiger partial charge on any atom is -0.399 e. The van der Waals surface area contributed by atoms with E-state index in [1.807, 2.05) is 0 Å². The normalized spacial score (nSPS) is 19.3. The lowest BCUT2D eigenvalue weighted by atomic mass is 10.0. The van der Waals surface area contributed by atoms with Gasteiger partial charge in [0.2, 0.25) is 0 Å². The predicted molar refractivity (Wildman–Crippen MR) is 91.7 cm³/mol. The van der Waals surface area contributed by atoms with Crippen molar-refractivity contribution in [3.8, 4) is 0 Å². The molecule has 2 aromatic carbocycles. The fourth-order valence-corrected chi connectivity index (χ4v) is 2.51. The topological polar surface area (TPSA) is 96.9 Å². The third-order valence-electron chi connectivity index (χ3n) is 4.04. The number of hydrogen-bond donors (Lipinski definition) is 3. The second-order valence-corrected chi connectivity index (χ2v) is 6.09. The number of anilines is 1. The molecule has 4 N–H and O–H groups in total. The van der Waals surface area contributed by atoms with Gasteiger partial charge in [-0.1, -0.05) is 23.4 Å². The van der Waals surface area contributed by atoms with Gasteiger partial charge in [0.25, 0.3) is 5.91 Å². The number of benzene rings is 2. The average molecular weight is 379 g/mol. The molecule has 0 saturated heterocycles. The zero-order valence-corrected chi connectivity index (χ0v) is 14.0. The lowest BCUT2D eigenvalue weighted by Crippen LogP contribution is -2.45. The zero-order valence-electron chi connectivity index (χ0n) is 14.0. The van der Waals surface area contributed by atoms with Crippen LogP contribution >= 0.6 is 0 Å². The monoisotopic (exact) mass is 379 g/mol. The van der Waals surface area contributed by atoms with Crippen molar-refractivity contribution < 1.29 is 27.9 Å². The van der Waals surface area contributed by atoms with Crippen LogP contribution in [-0.4, -0.2) is 28.7 Å². The van der Waals surface area contributed by atoms with Crippen molar-refractivity contribution in [1.29, 1.82) is 0 Å². The molecule has 0 saturated carbocycles. The molecule has 0 radical (unpaired) electrons. The van der Waals surface area contributed by atoms with Gasteiger partial charge in [0, 0.05) is 17.8 Å². The van der Waals surface area contributed by atoms with Crippen molar-refractivity contribution in [2.75, 3.05) is 5.73 Å². The molecule has 1 heterocycles. The number of halogens is 3. The number of aliphatic hydroxyl groups is 1. The fraction of sp³-hybridized carbons (Fsp3) is 0.222. The Kier molecular flexibility index (Phi) is 4.79. The molecular weight excluding hydrogens is 363 g/mol. The Bertz CT molecular complexity index is 881. The number of nitrogens with two attached hydrogens (primary N) is 1. The van der Waals surface area contributed by atoms with Crippen LogP contribution in [0.5, 0.6) is 0 Å². The molecule has 1 aliphatic heterocycles. The van der Waals surface area contributed by atoms with Crippen molar-refractivity contribution in [3.63, 3.8) is 0 Å². The van der Waals surface area contributed by atoms with Gasteiger partial charge in [-0.05, 0) is 41.5 Å². The Balaban J connectivity index is 1.66. The van der Waals surface area contributed by atoms with E-state index in [0.29, 0.717) is 22.4 Å². The van der Waals surface area contributed by atoms with Crippen molar-refractivity contribution >= 4 is 17.3 Å². The molecule has 142 valence electrons. The molecule has 3 rings (SSSR count). The van der Waals surface area contributed by atoms with E-state index < -0.39 is 18.4 Å². The first-order chi connectivity index (χ1) is 12.7. The molecule has 1 unspecified atom stereocenters. The van der Waals surface area contributed by atoms with E-state index >= 15 is 0 Å². The van der Waals surface area contributed by atoms with Crippen LogP contribution in [0.25, 0.3) is 0 Å². The van der Waals surface area contributed by atoms with E-state index in [0.717, 1.165) is 0 Å². The van der Waals surface area contributed by atoms with E-state index in [1.165, 1.54) is 0 Å². The molecule has 1 amide bonds. The van der Waals surface area contributed by atoms with Crippen LogP contribution in [0, 0.1) is 0 Å². The van der Waals surface area contributed by atoms with Crippen LogP contribution < -0.4 is 11.1 Å². The first kappa shape index (κ1) is 18.7. The predicted octanol–water partition coefficient (Wildman–Crippen LogP) is 2.57. The smallest absolute Gasteiger partial charge is 0.399 e. The zero-order chi connectivity index (χ0) is 19.7. The molecular formula is C18H16F3N3O3. The molecule has 2 aromatic rings. The van der Waals surface area contributed by atoms with E-state index in [9.17, 15) is 23.1 Å². The van der Waals surface area contributed by atoms with E-state index in [-0.39, 0.29) is 18.2 Å². The fourth-order valence-electron chi connectivity index (χ4n) is 2.51. The molecule has 1 aliphatic rings. The number of amides is 1. The van der Waals surface area contributed by atoms with Crippen molar-refractivity contribution in [2.45, 2.75) is 24.9 Å². The van der Waals surface area contributed by atoms with E-state index in [1.54, 1.807) is 48.5 Å². The first-order valence-electron chi connectivity index (χ1n) is 7.95. The third-order valence-corrected chi connectivity index (χ3v) is 4.04. The highest BCUT2D eigenvalue weighted by Gasteiger charge is 2.60. The maximum atomic E-state index is 12.8. The number of oxime groups is 1. The Morgan fingerprint density at radius 3 is 2.59 bits per heavy atom. The second kappa shape index (κ2) is 6.92. The number of rotatable bonds is 4.